The van der Waals surface area contributed by atoms with Crippen molar-refractivity contribution in [2.24, 2.45) is 0 Å². The third-order valence-corrected chi connectivity index (χ3v) is 5.36. The number of nitrogens with zero attached hydrogens (tertiary/aromatic N) is 3. The van der Waals surface area contributed by atoms with Gasteiger partial charge in [-0.3, -0.25) is 4.90 Å². The molecule has 3 aromatic rings. The number of fused-ring (bicyclic) bond motifs is 1. The molecule has 0 saturated carbocycles. The van der Waals surface area contributed by atoms with Crippen molar-refractivity contribution in [3.8, 4) is 0 Å². The van der Waals surface area contributed by atoms with Gasteiger partial charge in [0.25, 0.3) is 0 Å². The van der Waals surface area contributed by atoms with Crippen LogP contribution in [0, 0.1) is 12.7 Å². The van der Waals surface area contributed by atoms with Gasteiger partial charge in [-0.05, 0) is 56.5 Å². The molecule has 1 atom stereocenters. The van der Waals surface area contributed by atoms with Gasteiger partial charge in [-0.2, -0.15) is 0 Å². The first kappa shape index (κ1) is 16.3. The van der Waals surface area contributed by atoms with Gasteiger partial charge in [0.2, 0.25) is 0 Å². The van der Waals surface area contributed by atoms with Gasteiger partial charge in [0.05, 0.1) is 17.6 Å². The average molecular weight is 337 g/mol. The van der Waals surface area contributed by atoms with Crippen LogP contribution >= 0.6 is 0 Å². The summed E-state index contributed by atoms with van der Waals surface area (Å²) in [5.74, 6) is 0.808. The fourth-order valence-electron chi connectivity index (χ4n) is 4.14. The van der Waals surface area contributed by atoms with Crippen LogP contribution in [0.1, 0.15) is 42.8 Å². The van der Waals surface area contributed by atoms with Crippen LogP contribution in [0.4, 0.5) is 4.39 Å². The van der Waals surface area contributed by atoms with Gasteiger partial charge >= 0.3 is 0 Å². The van der Waals surface area contributed by atoms with E-state index in [0.717, 1.165) is 36.5 Å². The molecule has 0 unspecified atom stereocenters. The minimum absolute atomic E-state index is 0.223. The molecule has 1 saturated heterocycles. The van der Waals surface area contributed by atoms with Crippen LogP contribution in [-0.2, 0) is 13.1 Å². The fourth-order valence-corrected chi connectivity index (χ4v) is 4.14. The highest BCUT2D eigenvalue weighted by molar-refractivity contribution is 5.76. The highest BCUT2D eigenvalue weighted by atomic mass is 19.1. The van der Waals surface area contributed by atoms with Crippen LogP contribution in [0.5, 0.6) is 0 Å². The zero-order chi connectivity index (χ0) is 17.4. The Kier molecular flexibility index (Phi) is 4.30. The smallest absolute Gasteiger partial charge is 0.125 e. The zero-order valence-corrected chi connectivity index (χ0v) is 14.9. The van der Waals surface area contributed by atoms with E-state index in [4.69, 9.17) is 4.98 Å². The second-order valence-corrected chi connectivity index (χ2v) is 6.89. The van der Waals surface area contributed by atoms with Gasteiger partial charge in [-0.25, -0.2) is 9.37 Å². The highest BCUT2D eigenvalue weighted by Crippen LogP contribution is 2.35. The molecule has 0 N–H and O–H groups in total. The summed E-state index contributed by atoms with van der Waals surface area (Å²) >= 11 is 0. The number of hydrogen-bond donors (Lipinski definition) is 0. The van der Waals surface area contributed by atoms with Crippen LogP contribution in [0.3, 0.4) is 0 Å². The Hall–Kier alpha value is -2.20. The summed E-state index contributed by atoms with van der Waals surface area (Å²) in [5.41, 5.74) is 4.55. The summed E-state index contributed by atoms with van der Waals surface area (Å²) in [5, 5.41) is 0. The molecule has 0 bridgehead atoms. The van der Waals surface area contributed by atoms with Gasteiger partial charge in [0.1, 0.15) is 11.6 Å². The third kappa shape index (κ3) is 2.95. The van der Waals surface area contributed by atoms with E-state index in [9.17, 15) is 4.39 Å². The van der Waals surface area contributed by atoms with Gasteiger partial charge in [-0.15, -0.1) is 0 Å². The lowest BCUT2D eigenvalue weighted by molar-refractivity contribution is 0.239. The molecule has 2 heterocycles. The summed E-state index contributed by atoms with van der Waals surface area (Å²) in [4.78, 5) is 7.26. The van der Waals surface area contributed by atoms with Crippen LogP contribution in [-0.4, -0.2) is 21.0 Å². The molecule has 1 aliphatic rings. The number of hydrogen-bond acceptors (Lipinski definition) is 2. The number of aryl methyl sites for hydroxylation is 2. The van der Waals surface area contributed by atoms with E-state index >= 15 is 0 Å². The van der Waals surface area contributed by atoms with E-state index in [0.29, 0.717) is 6.04 Å². The van der Waals surface area contributed by atoms with Gasteiger partial charge < -0.3 is 4.57 Å². The van der Waals surface area contributed by atoms with Crippen molar-refractivity contribution >= 4 is 11.0 Å². The van der Waals surface area contributed by atoms with E-state index in [1.165, 1.54) is 36.1 Å². The minimum Gasteiger partial charge on any atom is -0.327 e. The van der Waals surface area contributed by atoms with Crippen LogP contribution in [0.2, 0.25) is 0 Å². The lowest BCUT2D eigenvalue weighted by Crippen LogP contribution is -2.25. The second-order valence-electron chi connectivity index (χ2n) is 6.89. The van der Waals surface area contributed by atoms with Crippen LogP contribution in [0.25, 0.3) is 11.0 Å². The second kappa shape index (κ2) is 6.60. The van der Waals surface area contributed by atoms with Gasteiger partial charge in [-0.1, -0.05) is 24.3 Å². The van der Waals surface area contributed by atoms with Crippen LogP contribution < -0.4 is 0 Å². The van der Waals surface area contributed by atoms with Gasteiger partial charge in [0, 0.05) is 18.7 Å². The summed E-state index contributed by atoms with van der Waals surface area (Å²) in [6.45, 7) is 7.05. The number of halogens is 1. The van der Waals surface area contributed by atoms with E-state index in [1.807, 2.05) is 6.07 Å². The number of benzene rings is 2. The number of imidazole rings is 1. The predicted molar refractivity (Wildman–Crippen MR) is 98.9 cm³/mol. The summed E-state index contributed by atoms with van der Waals surface area (Å²) in [6.07, 6.45) is 2.39. The number of aromatic nitrogens is 2. The lowest BCUT2D eigenvalue weighted by atomic mass is 9.99. The van der Waals surface area contributed by atoms with Crippen molar-refractivity contribution in [3.63, 3.8) is 0 Å². The molecule has 1 fully saturated rings. The summed E-state index contributed by atoms with van der Waals surface area (Å²) < 4.78 is 15.8. The molecular formula is C21H24FN3. The molecule has 4 rings (SSSR count). The SMILES string of the molecule is CCn1c(CN2CCC[C@H]2c2ccccc2C)nc2cc(F)ccc21. The van der Waals surface area contributed by atoms with E-state index < -0.39 is 0 Å². The summed E-state index contributed by atoms with van der Waals surface area (Å²) in [7, 11) is 0. The maximum Gasteiger partial charge on any atom is 0.125 e. The Morgan fingerprint density at radius 1 is 1.20 bits per heavy atom. The molecule has 0 spiro atoms. The Morgan fingerprint density at radius 3 is 2.84 bits per heavy atom. The number of likely N-dealkylation sites (tertiary alicyclic amines) is 1. The van der Waals surface area contributed by atoms with Crippen molar-refractivity contribution < 1.29 is 4.39 Å². The normalized spacial score (nSPS) is 18.3. The largest absolute Gasteiger partial charge is 0.327 e. The Bertz CT molecular complexity index is 899. The standard InChI is InChI=1S/C21H24FN3/c1-3-25-20-11-10-16(22)13-18(20)23-21(25)14-24-12-6-9-19(24)17-8-5-4-7-15(17)2/h4-5,7-8,10-11,13,19H,3,6,9,12,14H2,1-2H3/t19-/m0/s1. The minimum atomic E-state index is -0.223. The molecule has 0 aliphatic carbocycles. The van der Waals surface area contributed by atoms with Crippen molar-refractivity contribution in [2.45, 2.75) is 45.8 Å². The molecule has 4 heteroatoms. The predicted octanol–water partition coefficient (Wildman–Crippen LogP) is 4.84. The third-order valence-electron chi connectivity index (χ3n) is 5.36. The monoisotopic (exact) mass is 337 g/mol. The molecule has 130 valence electrons. The first-order valence-electron chi connectivity index (χ1n) is 9.11. The molecule has 1 aliphatic heterocycles. The topological polar surface area (TPSA) is 21.1 Å². The Morgan fingerprint density at radius 2 is 2.04 bits per heavy atom. The molecule has 1 aromatic heterocycles. The Balaban J connectivity index is 1.67. The van der Waals surface area contributed by atoms with Crippen molar-refractivity contribution in [1.82, 2.24) is 14.5 Å². The van der Waals surface area contributed by atoms with Crippen molar-refractivity contribution in [2.75, 3.05) is 6.54 Å². The lowest BCUT2D eigenvalue weighted by Gasteiger charge is -2.26. The zero-order valence-electron chi connectivity index (χ0n) is 14.9. The molecule has 2 aromatic carbocycles. The molecule has 3 nitrogen and oxygen atoms in total. The number of rotatable bonds is 4. The average Bonchev–Trinajstić information content (AvgIpc) is 3.19. The molecule has 0 amide bonds. The van der Waals surface area contributed by atoms with E-state index in [2.05, 4.69) is 47.6 Å². The first-order chi connectivity index (χ1) is 12.2. The maximum absolute atomic E-state index is 13.6. The highest BCUT2D eigenvalue weighted by Gasteiger charge is 2.28. The molecule has 25 heavy (non-hydrogen) atoms. The Labute approximate surface area is 148 Å². The van der Waals surface area contributed by atoms with Gasteiger partial charge in [0.15, 0.2) is 0 Å². The van der Waals surface area contributed by atoms with Crippen molar-refractivity contribution in [1.29, 1.82) is 0 Å². The first-order valence-corrected chi connectivity index (χ1v) is 9.11. The quantitative estimate of drug-likeness (QED) is 0.679. The maximum atomic E-state index is 13.6. The molecule has 0 radical (unpaired) electrons. The van der Waals surface area contributed by atoms with E-state index in [-0.39, 0.29) is 5.82 Å². The van der Waals surface area contributed by atoms with Crippen LogP contribution in [0.15, 0.2) is 42.5 Å². The van der Waals surface area contributed by atoms with E-state index in [1.54, 1.807) is 0 Å². The van der Waals surface area contributed by atoms with Crippen molar-refractivity contribution in [3.05, 3.63) is 65.2 Å². The fraction of sp³-hybridized carbons (Fsp3) is 0.381. The molecular weight excluding hydrogens is 313 g/mol. The summed E-state index contributed by atoms with van der Waals surface area (Å²) in [6, 6.07) is 14.0.